The molecule has 2 aliphatic carbocycles. The third kappa shape index (κ3) is 5.08. The van der Waals surface area contributed by atoms with Crippen LogP contribution in [0.15, 0.2) is 18.2 Å². The smallest absolute Gasteiger partial charge is 0.341 e. The highest BCUT2D eigenvalue weighted by Crippen LogP contribution is 2.48. The molecule has 7 heteroatoms. The zero-order chi connectivity index (χ0) is 21.0. The molecule has 0 aliphatic heterocycles. The zero-order valence-electron chi connectivity index (χ0n) is 16.8. The highest BCUT2D eigenvalue weighted by molar-refractivity contribution is 5.70. The van der Waals surface area contributed by atoms with Crippen LogP contribution >= 0.6 is 0 Å². The van der Waals surface area contributed by atoms with Gasteiger partial charge >= 0.3 is 11.9 Å². The van der Waals surface area contributed by atoms with E-state index in [1.165, 1.54) is 0 Å². The predicted octanol–water partition coefficient (Wildman–Crippen LogP) is 1.96. The minimum Gasteiger partial charge on any atom is -0.482 e. The van der Waals surface area contributed by atoms with Crippen LogP contribution in [0, 0.1) is 17.8 Å². The van der Waals surface area contributed by atoms with Gasteiger partial charge in [0.2, 0.25) is 0 Å². The van der Waals surface area contributed by atoms with E-state index in [9.17, 15) is 14.7 Å². The second kappa shape index (κ2) is 9.59. The van der Waals surface area contributed by atoms with Crippen molar-refractivity contribution in [1.29, 1.82) is 0 Å². The zero-order valence-corrected chi connectivity index (χ0v) is 16.8. The van der Waals surface area contributed by atoms with E-state index >= 15 is 0 Å². The summed E-state index contributed by atoms with van der Waals surface area (Å²) in [7, 11) is 0. The lowest BCUT2D eigenvalue weighted by molar-refractivity contribution is -0.153. The van der Waals surface area contributed by atoms with Gasteiger partial charge in [-0.15, -0.1) is 0 Å². The topological polar surface area (TPSA) is 113 Å². The maximum absolute atomic E-state index is 11.4. The molecule has 0 amide bonds. The third-order valence-corrected chi connectivity index (χ3v) is 6.40. The molecule has 0 unspecified atom stereocenters. The van der Waals surface area contributed by atoms with Gasteiger partial charge in [0.1, 0.15) is 18.5 Å². The van der Waals surface area contributed by atoms with Gasteiger partial charge in [-0.05, 0) is 73.5 Å². The van der Waals surface area contributed by atoms with Crippen LogP contribution in [0.25, 0.3) is 0 Å². The van der Waals surface area contributed by atoms with Crippen molar-refractivity contribution in [3.05, 3.63) is 29.3 Å². The SMILES string of the molecule is CC[C@@H](CC[C@@H]1[C@H]2Cc3cccc(OCC(=O)O)c3C[C@H]2C[C@H]1O)OC(=O)CO. The normalized spacial score (nSPS) is 26.3. The van der Waals surface area contributed by atoms with Crippen LogP contribution in [0.2, 0.25) is 0 Å². The Morgan fingerprint density at radius 1 is 1.28 bits per heavy atom. The Morgan fingerprint density at radius 3 is 2.76 bits per heavy atom. The van der Waals surface area contributed by atoms with Gasteiger partial charge in [0.15, 0.2) is 6.61 Å². The highest BCUT2D eigenvalue weighted by Gasteiger charge is 2.45. The van der Waals surface area contributed by atoms with Crippen molar-refractivity contribution < 1.29 is 34.4 Å². The molecular weight excluding hydrogens is 376 g/mol. The molecule has 0 radical (unpaired) electrons. The lowest BCUT2D eigenvalue weighted by Crippen LogP contribution is -2.29. The highest BCUT2D eigenvalue weighted by atomic mass is 16.6. The van der Waals surface area contributed by atoms with Crippen molar-refractivity contribution in [1.82, 2.24) is 0 Å². The molecule has 2 aliphatic rings. The average molecular weight is 406 g/mol. The molecule has 0 aromatic heterocycles. The predicted molar refractivity (Wildman–Crippen MR) is 105 cm³/mol. The Labute approximate surface area is 170 Å². The maximum atomic E-state index is 11.4. The van der Waals surface area contributed by atoms with Gasteiger partial charge in [0, 0.05) is 0 Å². The molecule has 1 aromatic rings. The molecule has 0 spiro atoms. The van der Waals surface area contributed by atoms with Crippen molar-refractivity contribution in [2.24, 2.45) is 17.8 Å². The van der Waals surface area contributed by atoms with Crippen molar-refractivity contribution in [2.75, 3.05) is 13.2 Å². The summed E-state index contributed by atoms with van der Waals surface area (Å²) in [6.07, 6.45) is 3.80. The Balaban J connectivity index is 1.67. The number of carboxylic acids is 1. The number of ether oxygens (including phenoxy) is 2. The van der Waals surface area contributed by atoms with Gasteiger partial charge in [-0.3, -0.25) is 0 Å². The molecular formula is C22H30O7. The number of benzene rings is 1. The lowest BCUT2D eigenvalue weighted by Gasteiger charge is -2.32. The van der Waals surface area contributed by atoms with E-state index in [1.54, 1.807) is 0 Å². The van der Waals surface area contributed by atoms with Gasteiger partial charge in [0.25, 0.3) is 0 Å². The Bertz CT molecular complexity index is 732. The fourth-order valence-corrected chi connectivity index (χ4v) is 5.03. The van der Waals surface area contributed by atoms with Crippen molar-refractivity contribution in [3.8, 4) is 5.75 Å². The fraction of sp³-hybridized carbons (Fsp3) is 0.636. The fourth-order valence-electron chi connectivity index (χ4n) is 5.03. The molecule has 1 fully saturated rings. The number of aliphatic hydroxyl groups excluding tert-OH is 2. The number of fused-ring (bicyclic) bond motifs is 2. The number of carboxylic acid groups (broad SMARTS) is 1. The monoisotopic (exact) mass is 406 g/mol. The van der Waals surface area contributed by atoms with Gasteiger partial charge in [0.05, 0.1) is 6.10 Å². The first-order valence-corrected chi connectivity index (χ1v) is 10.4. The minimum atomic E-state index is -1.000. The lowest BCUT2D eigenvalue weighted by atomic mass is 9.73. The van der Waals surface area contributed by atoms with E-state index in [-0.39, 0.29) is 18.6 Å². The number of rotatable bonds is 9. The van der Waals surface area contributed by atoms with Crippen LogP contribution in [-0.4, -0.2) is 52.7 Å². The Morgan fingerprint density at radius 2 is 2.07 bits per heavy atom. The summed E-state index contributed by atoms with van der Waals surface area (Å²) in [6, 6.07) is 5.75. The van der Waals surface area contributed by atoms with Crippen LogP contribution in [0.5, 0.6) is 5.75 Å². The van der Waals surface area contributed by atoms with Crippen LogP contribution < -0.4 is 4.74 Å². The third-order valence-electron chi connectivity index (χ3n) is 6.40. The quantitative estimate of drug-likeness (QED) is 0.537. The van der Waals surface area contributed by atoms with Crippen LogP contribution in [0.4, 0.5) is 0 Å². The van der Waals surface area contributed by atoms with E-state index in [0.29, 0.717) is 30.4 Å². The van der Waals surface area contributed by atoms with Crippen LogP contribution in [0.3, 0.4) is 0 Å². The standard InChI is InChI=1S/C22H30O7/c1-2-15(29-22(27)11-23)6-7-16-17-8-13-4-3-5-20(28-12-21(25)26)18(13)9-14(17)10-19(16)24/h3-5,14-17,19,23-24H,2,6-12H2,1H3,(H,25,26)/t14-,15-,16+,17-,19+/m0/s1. The summed E-state index contributed by atoms with van der Waals surface area (Å²) >= 11 is 0. The molecule has 0 heterocycles. The van der Waals surface area contributed by atoms with Crippen LogP contribution in [0.1, 0.15) is 43.7 Å². The Hall–Kier alpha value is -2.12. The summed E-state index contributed by atoms with van der Waals surface area (Å²) in [5, 5.41) is 28.5. The summed E-state index contributed by atoms with van der Waals surface area (Å²) in [5.41, 5.74) is 2.22. The number of aliphatic hydroxyl groups is 2. The summed E-state index contributed by atoms with van der Waals surface area (Å²) in [4.78, 5) is 22.2. The van der Waals surface area contributed by atoms with Crippen molar-refractivity contribution in [3.63, 3.8) is 0 Å². The van der Waals surface area contributed by atoms with E-state index in [1.807, 2.05) is 19.1 Å². The number of carbonyl (C=O) groups excluding carboxylic acids is 1. The molecule has 160 valence electrons. The molecule has 1 saturated carbocycles. The maximum Gasteiger partial charge on any atom is 0.341 e. The Kier molecular flexibility index (Phi) is 7.14. The molecule has 0 bridgehead atoms. The summed E-state index contributed by atoms with van der Waals surface area (Å²) in [6.45, 7) is 0.968. The number of aliphatic carboxylic acids is 1. The first kappa shape index (κ1) is 21.6. The number of esters is 1. The van der Waals surface area contributed by atoms with Crippen molar-refractivity contribution in [2.45, 2.75) is 57.7 Å². The largest absolute Gasteiger partial charge is 0.482 e. The first-order valence-electron chi connectivity index (χ1n) is 10.4. The molecule has 3 rings (SSSR count). The second-order valence-corrected chi connectivity index (χ2v) is 8.13. The van der Waals surface area contributed by atoms with Gasteiger partial charge < -0.3 is 24.8 Å². The van der Waals surface area contributed by atoms with E-state index in [0.717, 1.165) is 36.8 Å². The summed E-state index contributed by atoms with van der Waals surface area (Å²) < 4.78 is 10.7. The molecule has 29 heavy (non-hydrogen) atoms. The van der Waals surface area contributed by atoms with Crippen molar-refractivity contribution >= 4 is 11.9 Å². The number of carbonyl (C=O) groups is 2. The average Bonchev–Trinajstić information content (AvgIpc) is 3.01. The number of hydrogen-bond donors (Lipinski definition) is 3. The minimum absolute atomic E-state index is 0.138. The molecule has 1 aromatic carbocycles. The van der Waals surface area contributed by atoms with Gasteiger partial charge in [-0.25, -0.2) is 9.59 Å². The molecule has 7 nitrogen and oxygen atoms in total. The van der Waals surface area contributed by atoms with E-state index in [2.05, 4.69) is 6.07 Å². The molecule has 0 saturated heterocycles. The molecule has 5 atom stereocenters. The number of hydrogen-bond acceptors (Lipinski definition) is 6. The van der Waals surface area contributed by atoms with Gasteiger partial charge in [-0.2, -0.15) is 0 Å². The second-order valence-electron chi connectivity index (χ2n) is 8.13. The van der Waals surface area contributed by atoms with E-state index in [4.69, 9.17) is 19.7 Å². The first-order chi connectivity index (χ1) is 13.9. The van der Waals surface area contributed by atoms with Gasteiger partial charge in [-0.1, -0.05) is 19.1 Å². The van der Waals surface area contributed by atoms with E-state index < -0.39 is 24.6 Å². The van der Waals surface area contributed by atoms with Crippen LogP contribution in [-0.2, 0) is 27.2 Å². The molecule has 3 N–H and O–H groups in total. The summed E-state index contributed by atoms with van der Waals surface area (Å²) in [5.74, 6) is -0.167.